The van der Waals surface area contributed by atoms with Crippen LogP contribution in [0, 0.1) is 11.3 Å². The molecule has 3 aromatic rings. The van der Waals surface area contributed by atoms with Crippen molar-refractivity contribution in [3.8, 4) is 17.2 Å². The summed E-state index contributed by atoms with van der Waals surface area (Å²) >= 11 is 0. The lowest BCUT2D eigenvalue weighted by Gasteiger charge is -2.15. The third-order valence-electron chi connectivity index (χ3n) is 4.91. The number of aromatic amines is 1. The molecule has 26 heavy (non-hydrogen) atoms. The zero-order valence-corrected chi connectivity index (χ0v) is 14.5. The summed E-state index contributed by atoms with van der Waals surface area (Å²) in [5.41, 5.74) is 6.76. The summed E-state index contributed by atoms with van der Waals surface area (Å²) in [5, 5.41) is 20.1. The topological polar surface area (TPSA) is 72.7 Å². The van der Waals surface area contributed by atoms with E-state index >= 15 is 0 Å². The fourth-order valence-corrected chi connectivity index (χ4v) is 3.47. The lowest BCUT2D eigenvalue weighted by Crippen LogP contribution is -2.11. The zero-order chi connectivity index (χ0) is 18.1. The van der Waals surface area contributed by atoms with Gasteiger partial charge in [0.25, 0.3) is 0 Å². The van der Waals surface area contributed by atoms with Crippen LogP contribution >= 0.6 is 0 Å². The number of aryl methyl sites for hydroxylation is 1. The van der Waals surface area contributed by atoms with E-state index in [2.05, 4.69) is 53.3 Å². The second-order valence-corrected chi connectivity index (χ2v) is 6.46. The summed E-state index contributed by atoms with van der Waals surface area (Å²) in [4.78, 5) is 7.81. The average molecular weight is 341 g/mol. The molecule has 0 radical (unpaired) electrons. The first-order valence-corrected chi connectivity index (χ1v) is 8.77. The molecule has 1 aromatic carbocycles. The van der Waals surface area contributed by atoms with Crippen molar-refractivity contribution in [3.63, 3.8) is 0 Å². The van der Waals surface area contributed by atoms with Crippen molar-refractivity contribution >= 4 is 16.6 Å². The first kappa shape index (κ1) is 16.3. The predicted molar refractivity (Wildman–Crippen MR) is 103 cm³/mol. The van der Waals surface area contributed by atoms with E-state index in [0.29, 0.717) is 12.0 Å². The maximum atomic E-state index is 9.87. The van der Waals surface area contributed by atoms with Gasteiger partial charge in [-0.2, -0.15) is 5.26 Å². The van der Waals surface area contributed by atoms with Gasteiger partial charge in [-0.25, -0.2) is 4.98 Å². The van der Waals surface area contributed by atoms with Crippen molar-refractivity contribution < 1.29 is 5.11 Å². The van der Waals surface area contributed by atoms with Gasteiger partial charge in [0.2, 0.25) is 0 Å². The number of H-pyrrole nitrogens is 1. The van der Waals surface area contributed by atoms with Crippen molar-refractivity contribution in [2.45, 2.75) is 25.9 Å². The van der Waals surface area contributed by atoms with Gasteiger partial charge in [-0.15, -0.1) is 0 Å². The molecule has 128 valence electrons. The average Bonchev–Trinajstić information content (AvgIpc) is 3.11. The molecule has 2 aromatic heterocycles. The lowest BCUT2D eigenvalue weighted by molar-refractivity contribution is 0.218. The lowest BCUT2D eigenvalue weighted by atomic mass is 9.93. The number of nitrogens with zero attached hydrogens (tertiary/aromatic N) is 2. The monoisotopic (exact) mass is 341 g/mol. The van der Waals surface area contributed by atoms with E-state index < -0.39 is 6.10 Å². The van der Waals surface area contributed by atoms with Crippen LogP contribution in [-0.4, -0.2) is 21.2 Å². The predicted octanol–water partition coefficient (Wildman–Crippen LogP) is 4.39. The van der Waals surface area contributed by atoms with Gasteiger partial charge in [-0.3, -0.25) is 0 Å². The first-order chi connectivity index (χ1) is 12.7. The third kappa shape index (κ3) is 2.73. The number of aliphatic hydroxyl groups excluding tert-OH is 1. The zero-order valence-electron chi connectivity index (χ0n) is 14.5. The Balaban J connectivity index is 1.84. The highest BCUT2D eigenvalue weighted by atomic mass is 16.3. The fourth-order valence-electron chi connectivity index (χ4n) is 3.47. The molecule has 0 fully saturated rings. The third-order valence-corrected chi connectivity index (χ3v) is 4.91. The number of hydrogen-bond donors (Lipinski definition) is 2. The minimum atomic E-state index is -0.709. The van der Waals surface area contributed by atoms with Gasteiger partial charge in [-0.1, -0.05) is 37.3 Å². The minimum Gasteiger partial charge on any atom is -0.387 e. The number of rotatable bonds is 3. The van der Waals surface area contributed by atoms with Gasteiger partial charge in [-0.05, 0) is 41.7 Å². The molecular formula is C22H19N3O. The summed E-state index contributed by atoms with van der Waals surface area (Å²) in [5.74, 6) is 0. The number of nitrogens with one attached hydrogen (secondary N) is 1. The maximum absolute atomic E-state index is 9.87. The van der Waals surface area contributed by atoms with Crippen LogP contribution < -0.4 is 0 Å². The van der Waals surface area contributed by atoms with Crippen molar-refractivity contribution in [2.75, 3.05) is 0 Å². The van der Waals surface area contributed by atoms with E-state index in [0.717, 1.165) is 34.2 Å². The van der Waals surface area contributed by atoms with E-state index in [1.165, 1.54) is 11.1 Å². The van der Waals surface area contributed by atoms with Crippen molar-refractivity contribution in [1.29, 1.82) is 5.26 Å². The van der Waals surface area contributed by atoms with Gasteiger partial charge in [0.1, 0.15) is 5.65 Å². The second-order valence-electron chi connectivity index (χ2n) is 6.46. The Morgan fingerprint density at radius 1 is 1.31 bits per heavy atom. The van der Waals surface area contributed by atoms with Crippen LogP contribution in [-0.2, 0) is 6.42 Å². The summed E-state index contributed by atoms with van der Waals surface area (Å²) < 4.78 is 0. The summed E-state index contributed by atoms with van der Waals surface area (Å²) in [6, 6.07) is 12.6. The summed E-state index contributed by atoms with van der Waals surface area (Å²) in [6.45, 7) is 2.16. The number of aliphatic hydroxyl groups is 1. The first-order valence-electron chi connectivity index (χ1n) is 8.77. The van der Waals surface area contributed by atoms with Crippen LogP contribution in [0.4, 0.5) is 0 Å². The molecule has 4 nitrogen and oxygen atoms in total. The van der Waals surface area contributed by atoms with Crippen molar-refractivity contribution in [2.24, 2.45) is 0 Å². The fraction of sp³-hybridized carbons (Fsp3) is 0.182. The molecule has 1 aliphatic carbocycles. The highest BCUT2D eigenvalue weighted by Gasteiger charge is 2.17. The maximum Gasteiger partial charge on any atom is 0.137 e. The van der Waals surface area contributed by atoms with Crippen LogP contribution in [0.25, 0.3) is 27.7 Å². The Kier molecular flexibility index (Phi) is 4.16. The van der Waals surface area contributed by atoms with Crippen LogP contribution in [0.1, 0.15) is 24.5 Å². The Morgan fingerprint density at radius 3 is 2.96 bits per heavy atom. The number of hydrogen-bond acceptors (Lipinski definition) is 3. The number of fused-ring (bicyclic) bond motifs is 1. The van der Waals surface area contributed by atoms with Gasteiger partial charge < -0.3 is 10.1 Å². The minimum absolute atomic E-state index is 0.396. The van der Waals surface area contributed by atoms with E-state index in [9.17, 15) is 10.4 Å². The normalized spacial score (nSPS) is 16.9. The largest absolute Gasteiger partial charge is 0.387 e. The molecule has 1 atom stereocenters. The van der Waals surface area contributed by atoms with Gasteiger partial charge in [0.15, 0.2) is 0 Å². The highest BCUT2D eigenvalue weighted by Crippen LogP contribution is 2.33. The molecular weight excluding hydrogens is 322 g/mol. The Bertz CT molecular complexity index is 1080. The number of aromatic nitrogens is 2. The van der Waals surface area contributed by atoms with Crippen LogP contribution in [0.2, 0.25) is 0 Å². The van der Waals surface area contributed by atoms with E-state index in [4.69, 9.17) is 0 Å². The quantitative estimate of drug-likeness (QED) is 0.742. The Morgan fingerprint density at radius 2 is 2.15 bits per heavy atom. The molecule has 2 heterocycles. The number of pyridine rings is 1. The van der Waals surface area contributed by atoms with Crippen LogP contribution in [0.3, 0.4) is 0 Å². The molecule has 0 saturated carbocycles. The van der Waals surface area contributed by atoms with E-state index in [1.807, 2.05) is 18.5 Å². The molecule has 4 heteroatoms. The molecule has 0 amide bonds. The molecule has 2 N–H and O–H groups in total. The molecule has 0 saturated heterocycles. The second kappa shape index (κ2) is 6.62. The van der Waals surface area contributed by atoms with Crippen molar-refractivity contribution in [3.05, 3.63) is 71.6 Å². The Hall–Kier alpha value is -3.16. The molecule has 1 aliphatic rings. The van der Waals surface area contributed by atoms with Gasteiger partial charge >= 0.3 is 0 Å². The SMILES string of the molecule is CCc1ccccc1-c1c[nH]c2ncc(C3=CCC(O)C(C#N)=C3)cc12. The Labute approximate surface area is 152 Å². The highest BCUT2D eigenvalue weighted by molar-refractivity contribution is 5.96. The molecule has 1 unspecified atom stereocenters. The van der Waals surface area contributed by atoms with Crippen LogP contribution in [0.5, 0.6) is 0 Å². The van der Waals surface area contributed by atoms with Gasteiger partial charge in [0, 0.05) is 28.9 Å². The molecule has 0 spiro atoms. The molecule has 4 rings (SSSR count). The standard InChI is InChI=1S/C22H19N3O/c1-2-14-5-3-4-6-18(14)20-13-25-22-19(20)10-17(12-24-22)15-7-8-21(26)16(9-15)11-23/h3-7,9-10,12-13,21,26H,2,8H2,1H3,(H,24,25). The van der Waals surface area contributed by atoms with E-state index in [-0.39, 0.29) is 0 Å². The summed E-state index contributed by atoms with van der Waals surface area (Å²) in [6.07, 6.45) is 8.23. The molecule has 0 bridgehead atoms. The molecule has 0 aliphatic heterocycles. The number of benzene rings is 1. The number of allylic oxidation sites excluding steroid dienone is 2. The smallest absolute Gasteiger partial charge is 0.137 e. The number of nitriles is 1. The van der Waals surface area contributed by atoms with Crippen molar-refractivity contribution in [1.82, 2.24) is 9.97 Å². The van der Waals surface area contributed by atoms with Crippen LogP contribution in [0.15, 0.2) is 60.5 Å². The van der Waals surface area contributed by atoms with E-state index in [1.54, 1.807) is 6.08 Å². The van der Waals surface area contributed by atoms with Gasteiger partial charge in [0.05, 0.1) is 17.7 Å². The summed E-state index contributed by atoms with van der Waals surface area (Å²) in [7, 11) is 0.